The molecule has 2 heterocycles. The van der Waals surface area contributed by atoms with Crippen molar-refractivity contribution < 1.29 is 9.34 Å². The van der Waals surface area contributed by atoms with E-state index in [1.165, 1.54) is 23.9 Å². The van der Waals surface area contributed by atoms with Gasteiger partial charge in [-0.25, -0.2) is 0 Å². The molecule has 0 fully saturated rings. The number of hydrogen-bond donors (Lipinski definition) is 0. The highest BCUT2D eigenvalue weighted by molar-refractivity contribution is 7.98. The van der Waals surface area contributed by atoms with E-state index in [0.29, 0.717) is 28.3 Å². The van der Waals surface area contributed by atoms with Crippen molar-refractivity contribution in [1.29, 1.82) is 0 Å². The molecule has 0 bridgehead atoms. The molecule has 0 spiro atoms. The second kappa shape index (κ2) is 7.80. The normalized spacial score (nSPS) is 11.0. The SMILES string of the molecule is Cc1cccc(-n2nnnc2SCc2nnc(-c3ccc([N+](=O)[O-])cc3)o2)c1C. The van der Waals surface area contributed by atoms with E-state index in [-0.39, 0.29) is 5.69 Å². The Labute approximate surface area is 169 Å². The lowest BCUT2D eigenvalue weighted by atomic mass is 10.1. The minimum absolute atomic E-state index is 0.00215. The zero-order valence-corrected chi connectivity index (χ0v) is 16.3. The van der Waals surface area contributed by atoms with Gasteiger partial charge in [0.15, 0.2) is 0 Å². The van der Waals surface area contributed by atoms with E-state index in [4.69, 9.17) is 4.42 Å². The Bertz CT molecular complexity index is 1170. The maximum atomic E-state index is 10.8. The summed E-state index contributed by atoms with van der Waals surface area (Å²) in [5.74, 6) is 1.08. The third-order valence-electron chi connectivity index (χ3n) is 4.36. The lowest BCUT2D eigenvalue weighted by Crippen LogP contribution is -2.02. The number of aromatic nitrogens is 6. The second-order valence-corrected chi connectivity index (χ2v) is 7.13. The summed E-state index contributed by atoms with van der Waals surface area (Å²) in [7, 11) is 0. The average Bonchev–Trinajstić information content (AvgIpc) is 3.38. The number of thioether (sulfide) groups is 1. The fraction of sp³-hybridized carbons (Fsp3) is 0.167. The van der Waals surface area contributed by atoms with Gasteiger partial charge >= 0.3 is 0 Å². The first kappa shape index (κ1) is 18.7. The lowest BCUT2D eigenvalue weighted by Gasteiger charge is -2.08. The van der Waals surface area contributed by atoms with E-state index < -0.39 is 4.92 Å². The predicted octanol–water partition coefficient (Wildman–Crippen LogP) is 3.53. The van der Waals surface area contributed by atoms with Crippen molar-refractivity contribution in [2.75, 3.05) is 0 Å². The van der Waals surface area contributed by atoms with Crippen LogP contribution >= 0.6 is 11.8 Å². The third-order valence-corrected chi connectivity index (χ3v) is 5.27. The van der Waals surface area contributed by atoms with Gasteiger partial charge in [0.05, 0.1) is 16.4 Å². The van der Waals surface area contributed by atoms with Gasteiger partial charge in [-0.2, -0.15) is 4.68 Å². The fourth-order valence-electron chi connectivity index (χ4n) is 2.67. The van der Waals surface area contributed by atoms with Crippen LogP contribution < -0.4 is 0 Å². The summed E-state index contributed by atoms with van der Waals surface area (Å²) in [5, 5.41) is 31.3. The highest BCUT2D eigenvalue weighted by atomic mass is 32.2. The number of nitro groups is 1. The van der Waals surface area contributed by atoms with Crippen LogP contribution in [0.4, 0.5) is 5.69 Å². The van der Waals surface area contributed by atoms with Crippen LogP contribution in [0.5, 0.6) is 0 Å². The maximum Gasteiger partial charge on any atom is 0.269 e. The van der Waals surface area contributed by atoms with Crippen molar-refractivity contribution in [3.63, 3.8) is 0 Å². The summed E-state index contributed by atoms with van der Waals surface area (Å²) < 4.78 is 7.35. The Morgan fingerprint density at radius 1 is 1.10 bits per heavy atom. The number of benzene rings is 2. The Balaban J connectivity index is 1.49. The Morgan fingerprint density at radius 2 is 1.90 bits per heavy atom. The molecule has 4 aromatic rings. The van der Waals surface area contributed by atoms with Crippen LogP contribution in [0.25, 0.3) is 17.1 Å². The van der Waals surface area contributed by atoms with E-state index in [9.17, 15) is 10.1 Å². The van der Waals surface area contributed by atoms with Crippen LogP contribution in [0.3, 0.4) is 0 Å². The molecule has 0 aliphatic carbocycles. The molecule has 0 saturated carbocycles. The Morgan fingerprint density at radius 3 is 2.66 bits per heavy atom. The number of non-ortho nitro benzene ring substituents is 1. The quantitative estimate of drug-likeness (QED) is 0.267. The Hall–Kier alpha value is -3.60. The zero-order chi connectivity index (χ0) is 20.4. The summed E-state index contributed by atoms with van der Waals surface area (Å²) in [6.07, 6.45) is 0. The first-order valence-corrected chi connectivity index (χ1v) is 9.56. The summed E-state index contributed by atoms with van der Waals surface area (Å²) in [5.41, 5.74) is 3.77. The molecule has 10 nitrogen and oxygen atoms in total. The fourth-order valence-corrected chi connectivity index (χ4v) is 3.39. The van der Waals surface area contributed by atoms with Crippen LogP contribution in [0.2, 0.25) is 0 Å². The van der Waals surface area contributed by atoms with Gasteiger partial charge < -0.3 is 4.42 Å². The van der Waals surface area contributed by atoms with Gasteiger partial charge in [0, 0.05) is 17.7 Å². The molecule has 29 heavy (non-hydrogen) atoms. The highest BCUT2D eigenvalue weighted by Crippen LogP contribution is 2.26. The topological polar surface area (TPSA) is 126 Å². The van der Waals surface area contributed by atoms with Gasteiger partial charge in [-0.3, -0.25) is 10.1 Å². The largest absolute Gasteiger partial charge is 0.420 e. The van der Waals surface area contributed by atoms with Crippen molar-refractivity contribution in [3.05, 3.63) is 69.6 Å². The molecule has 0 atom stereocenters. The van der Waals surface area contributed by atoms with E-state index in [1.807, 2.05) is 32.0 Å². The summed E-state index contributed by atoms with van der Waals surface area (Å²) in [6, 6.07) is 11.9. The van der Waals surface area contributed by atoms with Crippen molar-refractivity contribution >= 4 is 17.4 Å². The molecule has 4 rings (SSSR count). The molecular weight excluding hydrogens is 394 g/mol. The number of tetrazole rings is 1. The number of hydrogen-bond acceptors (Lipinski definition) is 9. The summed E-state index contributed by atoms with van der Waals surface area (Å²) in [4.78, 5) is 10.3. The molecule has 0 aliphatic rings. The van der Waals surface area contributed by atoms with Crippen molar-refractivity contribution in [1.82, 2.24) is 30.4 Å². The minimum atomic E-state index is -0.459. The lowest BCUT2D eigenvalue weighted by molar-refractivity contribution is -0.384. The zero-order valence-electron chi connectivity index (χ0n) is 15.5. The molecule has 0 aliphatic heterocycles. The second-order valence-electron chi connectivity index (χ2n) is 6.19. The molecule has 0 radical (unpaired) electrons. The van der Waals surface area contributed by atoms with Crippen LogP contribution in [0, 0.1) is 24.0 Å². The van der Waals surface area contributed by atoms with E-state index >= 15 is 0 Å². The number of nitro benzene ring substituents is 1. The van der Waals surface area contributed by atoms with E-state index in [1.54, 1.807) is 16.8 Å². The molecule has 0 unspecified atom stereocenters. The van der Waals surface area contributed by atoms with Gasteiger partial charge in [0.2, 0.25) is 16.9 Å². The molecule has 2 aromatic heterocycles. The monoisotopic (exact) mass is 409 g/mol. The number of rotatable bonds is 6. The van der Waals surface area contributed by atoms with Crippen LogP contribution in [-0.2, 0) is 5.75 Å². The summed E-state index contributed by atoms with van der Waals surface area (Å²) >= 11 is 1.37. The first-order valence-electron chi connectivity index (χ1n) is 8.58. The van der Waals surface area contributed by atoms with Crippen molar-refractivity contribution in [3.8, 4) is 17.1 Å². The Kier molecular flexibility index (Phi) is 5.04. The molecule has 0 saturated heterocycles. The van der Waals surface area contributed by atoms with Crippen molar-refractivity contribution in [2.24, 2.45) is 0 Å². The maximum absolute atomic E-state index is 10.8. The third kappa shape index (κ3) is 3.85. The molecule has 11 heteroatoms. The smallest absolute Gasteiger partial charge is 0.269 e. The number of nitrogens with zero attached hydrogens (tertiary/aromatic N) is 7. The summed E-state index contributed by atoms with van der Waals surface area (Å²) in [6.45, 7) is 4.06. The predicted molar refractivity (Wildman–Crippen MR) is 105 cm³/mol. The van der Waals surface area contributed by atoms with Crippen LogP contribution in [-0.4, -0.2) is 35.3 Å². The van der Waals surface area contributed by atoms with E-state index in [2.05, 4.69) is 25.7 Å². The molecule has 2 aromatic carbocycles. The van der Waals surface area contributed by atoms with Gasteiger partial charge in [-0.15, -0.1) is 15.3 Å². The van der Waals surface area contributed by atoms with Gasteiger partial charge in [0.1, 0.15) is 0 Å². The standard InChI is InChI=1S/C18H15N7O3S/c1-11-4-3-5-15(12(11)2)24-18(21-22-23-24)29-10-16-19-20-17(28-16)13-6-8-14(9-7-13)25(26)27/h3-9H,10H2,1-2H3. The minimum Gasteiger partial charge on any atom is -0.420 e. The van der Waals surface area contributed by atoms with Crippen molar-refractivity contribution in [2.45, 2.75) is 24.8 Å². The average molecular weight is 409 g/mol. The molecule has 0 N–H and O–H groups in total. The van der Waals surface area contributed by atoms with Crippen LogP contribution in [0.1, 0.15) is 17.0 Å². The first-order chi connectivity index (χ1) is 14.0. The number of aryl methyl sites for hydroxylation is 1. The van der Waals surface area contributed by atoms with Gasteiger partial charge in [-0.1, -0.05) is 23.9 Å². The van der Waals surface area contributed by atoms with E-state index in [0.717, 1.165) is 16.8 Å². The van der Waals surface area contributed by atoms with Gasteiger partial charge in [-0.05, 0) is 53.6 Å². The molecule has 146 valence electrons. The van der Waals surface area contributed by atoms with Gasteiger partial charge in [0.25, 0.3) is 5.69 Å². The highest BCUT2D eigenvalue weighted by Gasteiger charge is 2.15. The molecular formula is C18H15N7O3S. The molecule has 0 amide bonds. The van der Waals surface area contributed by atoms with Crippen LogP contribution in [0.15, 0.2) is 52.0 Å².